The average Bonchev–Trinajstić information content (AvgIpc) is 2.73. The Balaban J connectivity index is 1.65. The van der Waals surface area contributed by atoms with Gasteiger partial charge in [-0.15, -0.1) is 0 Å². The number of aryl methyl sites for hydroxylation is 1. The van der Waals surface area contributed by atoms with E-state index < -0.39 is 10.0 Å². The number of fused-ring (bicyclic) bond motifs is 1. The van der Waals surface area contributed by atoms with E-state index >= 15 is 0 Å². The highest BCUT2D eigenvalue weighted by atomic mass is 32.2. The zero-order valence-electron chi connectivity index (χ0n) is 16.5. The number of rotatable bonds is 6. The van der Waals surface area contributed by atoms with Gasteiger partial charge in [0, 0.05) is 0 Å². The third-order valence-electron chi connectivity index (χ3n) is 5.25. The molecule has 0 spiro atoms. The van der Waals surface area contributed by atoms with E-state index in [9.17, 15) is 8.42 Å². The number of ether oxygens (including phenoxy) is 1. The molecule has 0 bridgehead atoms. The minimum Gasteiger partial charge on any atom is -0.475 e. The minimum absolute atomic E-state index is 0.126. The number of anilines is 1. The van der Waals surface area contributed by atoms with E-state index in [1.165, 1.54) is 19.3 Å². The van der Waals surface area contributed by atoms with Crippen molar-refractivity contribution >= 4 is 26.9 Å². The highest BCUT2D eigenvalue weighted by molar-refractivity contribution is 7.92. The SMILES string of the molecule is Cc1cccc(S(=O)(=O)Nc2nc3ccccc3nc2OCC2CCCCC2)c1. The van der Waals surface area contributed by atoms with Gasteiger partial charge in [0.05, 0.1) is 22.5 Å². The van der Waals surface area contributed by atoms with Crippen LogP contribution in [0.5, 0.6) is 5.88 Å². The van der Waals surface area contributed by atoms with Crippen molar-refractivity contribution in [3.63, 3.8) is 0 Å². The van der Waals surface area contributed by atoms with Crippen LogP contribution in [-0.4, -0.2) is 25.0 Å². The highest BCUT2D eigenvalue weighted by Gasteiger charge is 2.21. The van der Waals surface area contributed by atoms with Gasteiger partial charge >= 0.3 is 0 Å². The van der Waals surface area contributed by atoms with Crippen LogP contribution in [0.4, 0.5) is 5.82 Å². The van der Waals surface area contributed by atoms with E-state index in [2.05, 4.69) is 14.7 Å². The van der Waals surface area contributed by atoms with Crippen LogP contribution in [0.1, 0.15) is 37.7 Å². The smallest absolute Gasteiger partial charge is 0.263 e. The van der Waals surface area contributed by atoms with E-state index in [0.717, 1.165) is 18.4 Å². The molecule has 1 aliphatic rings. The van der Waals surface area contributed by atoms with Gasteiger partial charge < -0.3 is 4.74 Å². The molecule has 3 aromatic rings. The molecular weight excluding hydrogens is 386 g/mol. The van der Waals surface area contributed by atoms with Crippen molar-refractivity contribution in [2.45, 2.75) is 43.9 Å². The normalized spacial score (nSPS) is 15.3. The highest BCUT2D eigenvalue weighted by Crippen LogP contribution is 2.29. The third-order valence-corrected chi connectivity index (χ3v) is 6.59. The average molecular weight is 412 g/mol. The standard InChI is InChI=1S/C22H25N3O3S/c1-16-8-7-11-18(14-16)29(26,27)25-21-22(28-15-17-9-3-2-4-10-17)24-20-13-6-5-12-19(20)23-21/h5-8,11-14,17H,2-4,9-10,15H2,1H3,(H,23,25). The van der Waals surface area contributed by atoms with Crippen LogP contribution < -0.4 is 9.46 Å². The second kappa shape index (κ2) is 8.37. The maximum Gasteiger partial charge on any atom is 0.263 e. The van der Waals surface area contributed by atoms with Crippen LogP contribution in [0.15, 0.2) is 53.4 Å². The van der Waals surface area contributed by atoms with Gasteiger partial charge in [-0.3, -0.25) is 4.72 Å². The Morgan fingerprint density at radius 2 is 1.72 bits per heavy atom. The lowest BCUT2D eigenvalue weighted by Gasteiger charge is -2.22. The van der Waals surface area contributed by atoms with Crippen molar-refractivity contribution < 1.29 is 13.2 Å². The molecule has 1 aliphatic carbocycles. The zero-order valence-corrected chi connectivity index (χ0v) is 17.3. The fourth-order valence-electron chi connectivity index (χ4n) is 3.67. The number of hydrogen-bond acceptors (Lipinski definition) is 5. The molecule has 1 saturated carbocycles. The molecule has 4 rings (SSSR count). The summed E-state index contributed by atoms with van der Waals surface area (Å²) in [6.45, 7) is 2.37. The number of aromatic nitrogens is 2. The minimum atomic E-state index is -3.80. The van der Waals surface area contributed by atoms with Crippen molar-refractivity contribution in [3.8, 4) is 5.88 Å². The number of nitrogens with one attached hydrogen (secondary N) is 1. The van der Waals surface area contributed by atoms with Crippen molar-refractivity contribution in [3.05, 3.63) is 54.1 Å². The fraction of sp³-hybridized carbons (Fsp3) is 0.364. The molecule has 0 saturated heterocycles. The number of sulfonamides is 1. The Labute approximate surface area is 171 Å². The molecule has 0 unspecified atom stereocenters. The van der Waals surface area contributed by atoms with E-state index in [1.54, 1.807) is 24.3 Å². The van der Waals surface area contributed by atoms with Crippen LogP contribution >= 0.6 is 0 Å². The van der Waals surface area contributed by atoms with Crippen molar-refractivity contribution in [1.82, 2.24) is 9.97 Å². The molecule has 7 heteroatoms. The Morgan fingerprint density at radius 3 is 2.45 bits per heavy atom. The Hall–Kier alpha value is -2.67. The summed E-state index contributed by atoms with van der Waals surface area (Å²) < 4.78 is 34.4. The molecule has 2 aromatic carbocycles. The van der Waals surface area contributed by atoms with Gasteiger partial charge in [-0.05, 0) is 55.5 Å². The predicted octanol–water partition coefficient (Wildman–Crippen LogP) is 4.70. The second-order valence-corrected chi connectivity index (χ2v) is 9.29. The van der Waals surface area contributed by atoms with Crippen LogP contribution in [0.25, 0.3) is 11.0 Å². The maximum absolute atomic E-state index is 12.9. The van der Waals surface area contributed by atoms with Crippen LogP contribution in [0.2, 0.25) is 0 Å². The monoisotopic (exact) mass is 411 g/mol. The van der Waals surface area contributed by atoms with E-state index in [4.69, 9.17) is 4.74 Å². The van der Waals surface area contributed by atoms with Crippen molar-refractivity contribution in [2.24, 2.45) is 5.92 Å². The van der Waals surface area contributed by atoms with Gasteiger partial charge in [0.2, 0.25) is 5.82 Å². The molecule has 1 aromatic heterocycles. The summed E-state index contributed by atoms with van der Waals surface area (Å²) in [7, 11) is -3.80. The van der Waals surface area contributed by atoms with Gasteiger partial charge in [-0.2, -0.15) is 0 Å². The summed E-state index contributed by atoms with van der Waals surface area (Å²) >= 11 is 0. The summed E-state index contributed by atoms with van der Waals surface area (Å²) in [4.78, 5) is 9.22. The van der Waals surface area contributed by atoms with Gasteiger partial charge in [0.25, 0.3) is 15.9 Å². The molecular formula is C22H25N3O3S. The Morgan fingerprint density at radius 1 is 1.00 bits per heavy atom. The third kappa shape index (κ3) is 4.67. The first kappa shape index (κ1) is 19.6. The quantitative estimate of drug-likeness (QED) is 0.636. The number of para-hydroxylation sites is 2. The lowest BCUT2D eigenvalue weighted by atomic mass is 9.90. The molecule has 1 N–H and O–H groups in total. The lowest BCUT2D eigenvalue weighted by molar-refractivity contribution is 0.204. The first-order valence-electron chi connectivity index (χ1n) is 10.0. The molecule has 29 heavy (non-hydrogen) atoms. The van der Waals surface area contributed by atoms with Crippen molar-refractivity contribution in [1.29, 1.82) is 0 Å². The molecule has 0 atom stereocenters. The van der Waals surface area contributed by atoms with E-state index in [0.29, 0.717) is 23.6 Å². The van der Waals surface area contributed by atoms with Crippen LogP contribution in [-0.2, 0) is 10.0 Å². The predicted molar refractivity (Wildman–Crippen MR) is 114 cm³/mol. The van der Waals surface area contributed by atoms with E-state index in [1.807, 2.05) is 31.2 Å². The molecule has 0 amide bonds. The van der Waals surface area contributed by atoms with Gasteiger partial charge in [-0.25, -0.2) is 18.4 Å². The largest absolute Gasteiger partial charge is 0.475 e. The molecule has 1 heterocycles. The number of hydrogen-bond donors (Lipinski definition) is 1. The van der Waals surface area contributed by atoms with Gasteiger partial charge in [0.15, 0.2) is 0 Å². The summed E-state index contributed by atoms with van der Waals surface area (Å²) in [6, 6.07) is 14.1. The lowest BCUT2D eigenvalue weighted by Crippen LogP contribution is -2.19. The first-order chi connectivity index (χ1) is 14.0. The van der Waals surface area contributed by atoms with Crippen LogP contribution in [0.3, 0.4) is 0 Å². The Kier molecular flexibility index (Phi) is 5.67. The van der Waals surface area contributed by atoms with E-state index in [-0.39, 0.29) is 16.6 Å². The topological polar surface area (TPSA) is 81.2 Å². The summed E-state index contributed by atoms with van der Waals surface area (Å²) in [6.07, 6.45) is 5.96. The summed E-state index contributed by atoms with van der Waals surface area (Å²) in [5.74, 6) is 0.824. The Bertz CT molecular complexity index is 1110. The molecule has 6 nitrogen and oxygen atoms in total. The number of benzene rings is 2. The summed E-state index contributed by atoms with van der Waals surface area (Å²) in [5, 5.41) is 0. The molecule has 0 aliphatic heterocycles. The molecule has 1 fully saturated rings. The first-order valence-corrected chi connectivity index (χ1v) is 11.5. The molecule has 0 radical (unpaired) electrons. The fourth-order valence-corrected chi connectivity index (χ4v) is 4.77. The molecule has 152 valence electrons. The number of nitrogens with zero attached hydrogens (tertiary/aromatic N) is 2. The summed E-state index contributed by atoms with van der Waals surface area (Å²) in [5.41, 5.74) is 2.15. The van der Waals surface area contributed by atoms with Gasteiger partial charge in [-0.1, -0.05) is 43.5 Å². The maximum atomic E-state index is 12.9. The van der Waals surface area contributed by atoms with Gasteiger partial charge in [0.1, 0.15) is 0 Å². The van der Waals surface area contributed by atoms with Crippen LogP contribution in [0, 0.1) is 12.8 Å². The second-order valence-electron chi connectivity index (χ2n) is 7.60. The van der Waals surface area contributed by atoms with Crippen molar-refractivity contribution in [2.75, 3.05) is 11.3 Å². The zero-order chi connectivity index (χ0) is 20.3.